The Hall–Kier alpha value is -2.15. The molecule has 0 radical (unpaired) electrons. The molecule has 0 fully saturated rings. The number of aryl methyl sites for hydroxylation is 1. The maximum absolute atomic E-state index is 8.79. The van der Waals surface area contributed by atoms with Crippen molar-refractivity contribution in [3.8, 4) is 17.3 Å². The van der Waals surface area contributed by atoms with Gasteiger partial charge in [0, 0.05) is 5.56 Å². The molecule has 0 saturated carbocycles. The summed E-state index contributed by atoms with van der Waals surface area (Å²) in [6, 6.07) is 9.76. The Bertz CT molecular complexity index is 493. The lowest BCUT2D eigenvalue weighted by molar-refractivity contribution is 0.937. The first-order chi connectivity index (χ1) is 6.83. The average molecular weight is 184 g/mol. The van der Waals surface area contributed by atoms with Crippen LogP contribution in [0.1, 0.15) is 11.3 Å². The quantitative estimate of drug-likeness (QED) is 0.732. The molecule has 0 aliphatic rings. The van der Waals surface area contributed by atoms with Crippen LogP contribution in [0.15, 0.2) is 24.3 Å². The number of aromatic nitrogens is 3. The van der Waals surface area contributed by atoms with Crippen molar-refractivity contribution >= 4 is 0 Å². The van der Waals surface area contributed by atoms with Crippen molar-refractivity contribution in [1.82, 2.24) is 15.4 Å². The number of benzene rings is 1. The third-order valence-electron chi connectivity index (χ3n) is 2.05. The number of hydrogen-bond donors (Lipinski definition) is 1. The highest BCUT2D eigenvalue weighted by Gasteiger charge is 2.10. The summed E-state index contributed by atoms with van der Waals surface area (Å²) in [5.74, 6) is 0. The first kappa shape index (κ1) is 8.45. The van der Waals surface area contributed by atoms with E-state index < -0.39 is 0 Å². The minimum atomic E-state index is 0.333. The second kappa shape index (κ2) is 3.30. The molecule has 0 saturated heterocycles. The molecule has 4 nitrogen and oxygen atoms in total. The molecule has 2 rings (SSSR count). The van der Waals surface area contributed by atoms with Crippen LogP contribution in [0.25, 0.3) is 11.3 Å². The summed E-state index contributed by atoms with van der Waals surface area (Å²) in [5, 5.41) is 19.0. The Labute approximate surface area is 81.2 Å². The Balaban J connectivity index is 2.62. The van der Waals surface area contributed by atoms with Crippen LogP contribution in [0.5, 0.6) is 0 Å². The Morgan fingerprint density at radius 1 is 1.29 bits per heavy atom. The van der Waals surface area contributed by atoms with Gasteiger partial charge in [-0.1, -0.05) is 24.3 Å². The van der Waals surface area contributed by atoms with Gasteiger partial charge in [-0.2, -0.15) is 15.6 Å². The number of rotatable bonds is 1. The molecule has 4 heteroatoms. The van der Waals surface area contributed by atoms with Gasteiger partial charge in [-0.25, -0.2) is 0 Å². The lowest BCUT2D eigenvalue weighted by Gasteiger charge is -2.00. The zero-order valence-corrected chi connectivity index (χ0v) is 7.65. The molecular formula is C10H8N4. The second-order valence-corrected chi connectivity index (χ2v) is 2.95. The van der Waals surface area contributed by atoms with Gasteiger partial charge in [-0.3, -0.25) is 0 Å². The summed E-state index contributed by atoms with van der Waals surface area (Å²) in [4.78, 5) is 0. The number of hydrogen-bond acceptors (Lipinski definition) is 3. The Morgan fingerprint density at radius 3 is 2.79 bits per heavy atom. The molecule has 14 heavy (non-hydrogen) atoms. The van der Waals surface area contributed by atoms with Gasteiger partial charge < -0.3 is 0 Å². The molecule has 0 aliphatic carbocycles. The summed E-state index contributed by atoms with van der Waals surface area (Å²) in [7, 11) is 0. The van der Waals surface area contributed by atoms with Crippen LogP contribution in [-0.2, 0) is 0 Å². The molecule has 1 aromatic carbocycles. The first-order valence-electron chi connectivity index (χ1n) is 4.20. The largest absolute Gasteiger partial charge is 0.196 e. The summed E-state index contributed by atoms with van der Waals surface area (Å²) in [5.41, 5.74) is 2.97. The molecule has 0 aliphatic heterocycles. The maximum atomic E-state index is 8.79. The number of H-pyrrole nitrogens is 1. The van der Waals surface area contributed by atoms with Crippen molar-refractivity contribution in [3.05, 3.63) is 35.5 Å². The number of nitriles is 1. The SMILES string of the molecule is Cc1ccccc1-c1n[nH]nc1C#N. The molecule has 1 aromatic heterocycles. The smallest absolute Gasteiger partial charge is 0.190 e. The lowest BCUT2D eigenvalue weighted by atomic mass is 10.1. The number of nitrogens with one attached hydrogen (secondary N) is 1. The summed E-state index contributed by atoms with van der Waals surface area (Å²) >= 11 is 0. The maximum Gasteiger partial charge on any atom is 0.190 e. The van der Waals surface area contributed by atoms with E-state index >= 15 is 0 Å². The van der Waals surface area contributed by atoms with Crippen LogP contribution < -0.4 is 0 Å². The molecule has 1 N–H and O–H groups in total. The van der Waals surface area contributed by atoms with Gasteiger partial charge in [0.25, 0.3) is 0 Å². The predicted molar refractivity (Wildman–Crippen MR) is 51.3 cm³/mol. The van der Waals surface area contributed by atoms with Gasteiger partial charge in [-0.05, 0) is 12.5 Å². The second-order valence-electron chi connectivity index (χ2n) is 2.95. The van der Waals surface area contributed by atoms with Crippen LogP contribution in [0.4, 0.5) is 0 Å². The van der Waals surface area contributed by atoms with Crippen molar-refractivity contribution in [2.75, 3.05) is 0 Å². The highest BCUT2D eigenvalue weighted by Crippen LogP contribution is 2.22. The van der Waals surface area contributed by atoms with Crippen molar-refractivity contribution in [1.29, 1.82) is 5.26 Å². The van der Waals surface area contributed by atoms with Gasteiger partial charge in [0.15, 0.2) is 5.69 Å². The van der Waals surface area contributed by atoms with E-state index in [1.807, 2.05) is 37.3 Å². The zero-order valence-electron chi connectivity index (χ0n) is 7.65. The highest BCUT2D eigenvalue weighted by atomic mass is 15.3. The van der Waals surface area contributed by atoms with Gasteiger partial charge in [0.2, 0.25) is 0 Å². The third-order valence-corrected chi connectivity index (χ3v) is 2.05. The van der Waals surface area contributed by atoms with Crippen LogP contribution in [-0.4, -0.2) is 15.4 Å². The minimum absolute atomic E-state index is 0.333. The van der Waals surface area contributed by atoms with E-state index in [4.69, 9.17) is 5.26 Å². The Kier molecular flexibility index (Phi) is 1.99. The molecule has 0 atom stereocenters. The number of aromatic amines is 1. The zero-order chi connectivity index (χ0) is 9.97. The van der Waals surface area contributed by atoms with Gasteiger partial charge >= 0.3 is 0 Å². The van der Waals surface area contributed by atoms with Crippen LogP contribution in [0.3, 0.4) is 0 Å². The Morgan fingerprint density at radius 2 is 2.07 bits per heavy atom. The van der Waals surface area contributed by atoms with E-state index in [1.165, 1.54) is 0 Å². The van der Waals surface area contributed by atoms with E-state index in [0.29, 0.717) is 11.4 Å². The predicted octanol–water partition coefficient (Wildman–Crippen LogP) is 1.65. The molecular weight excluding hydrogens is 176 g/mol. The van der Waals surface area contributed by atoms with E-state index in [2.05, 4.69) is 15.4 Å². The van der Waals surface area contributed by atoms with E-state index in [1.54, 1.807) is 0 Å². The summed E-state index contributed by atoms with van der Waals surface area (Å²) in [6.45, 7) is 1.98. The molecule has 0 unspecified atom stereocenters. The standard InChI is InChI=1S/C10H8N4/c1-7-4-2-3-5-8(7)10-9(6-11)12-14-13-10/h2-5H,1H3,(H,12,13,14). The summed E-state index contributed by atoms with van der Waals surface area (Å²) in [6.07, 6.45) is 0. The van der Waals surface area contributed by atoms with Crippen molar-refractivity contribution in [2.45, 2.75) is 6.92 Å². The third kappa shape index (κ3) is 1.25. The molecule has 2 aromatic rings. The summed E-state index contributed by atoms with van der Waals surface area (Å²) < 4.78 is 0. The monoisotopic (exact) mass is 184 g/mol. The first-order valence-corrected chi connectivity index (χ1v) is 4.20. The van der Waals surface area contributed by atoms with E-state index in [-0.39, 0.29) is 0 Å². The fourth-order valence-electron chi connectivity index (χ4n) is 1.34. The van der Waals surface area contributed by atoms with Crippen LogP contribution >= 0.6 is 0 Å². The molecule has 68 valence electrons. The number of nitrogens with zero attached hydrogens (tertiary/aromatic N) is 3. The topological polar surface area (TPSA) is 65.4 Å². The lowest BCUT2D eigenvalue weighted by Crippen LogP contribution is -1.85. The molecule has 0 spiro atoms. The fourth-order valence-corrected chi connectivity index (χ4v) is 1.34. The molecule has 1 heterocycles. The van der Waals surface area contributed by atoms with E-state index in [9.17, 15) is 0 Å². The minimum Gasteiger partial charge on any atom is -0.196 e. The van der Waals surface area contributed by atoms with Crippen LogP contribution in [0.2, 0.25) is 0 Å². The van der Waals surface area contributed by atoms with Gasteiger partial charge in [0.1, 0.15) is 11.8 Å². The van der Waals surface area contributed by atoms with Crippen molar-refractivity contribution in [2.24, 2.45) is 0 Å². The normalized spacial score (nSPS) is 9.71. The highest BCUT2D eigenvalue weighted by molar-refractivity contribution is 5.67. The van der Waals surface area contributed by atoms with Gasteiger partial charge in [-0.15, -0.1) is 5.10 Å². The van der Waals surface area contributed by atoms with E-state index in [0.717, 1.165) is 11.1 Å². The van der Waals surface area contributed by atoms with Crippen molar-refractivity contribution in [3.63, 3.8) is 0 Å². The van der Waals surface area contributed by atoms with Gasteiger partial charge in [0.05, 0.1) is 0 Å². The fraction of sp³-hybridized carbons (Fsp3) is 0.100. The van der Waals surface area contributed by atoms with Crippen LogP contribution in [0, 0.1) is 18.3 Å². The molecule has 0 amide bonds. The molecule has 0 bridgehead atoms. The average Bonchev–Trinajstić information content (AvgIpc) is 2.66. The van der Waals surface area contributed by atoms with Crippen molar-refractivity contribution < 1.29 is 0 Å².